The zero-order valence-electron chi connectivity index (χ0n) is 13.1. The van der Waals surface area contributed by atoms with Crippen molar-refractivity contribution in [3.63, 3.8) is 0 Å². The number of benzene rings is 1. The zero-order valence-corrected chi connectivity index (χ0v) is 13.1. The van der Waals surface area contributed by atoms with Crippen LogP contribution in [0.4, 0.5) is 0 Å². The van der Waals surface area contributed by atoms with Gasteiger partial charge in [0.1, 0.15) is 13.2 Å². The molecule has 0 bridgehead atoms. The lowest BCUT2D eigenvalue weighted by molar-refractivity contribution is 0.171. The molecule has 1 aromatic rings. The van der Waals surface area contributed by atoms with Crippen LogP contribution in [-0.2, 0) is 6.54 Å². The Morgan fingerprint density at radius 1 is 1.05 bits per heavy atom. The average Bonchev–Trinajstić information content (AvgIpc) is 2.54. The molecule has 0 radical (unpaired) electrons. The van der Waals surface area contributed by atoms with Crippen LogP contribution >= 0.6 is 0 Å². The fourth-order valence-corrected chi connectivity index (χ4v) is 3.52. The van der Waals surface area contributed by atoms with E-state index >= 15 is 0 Å². The van der Waals surface area contributed by atoms with E-state index in [9.17, 15) is 0 Å². The molecule has 0 atom stereocenters. The maximum Gasteiger partial charge on any atom is 0.161 e. The fraction of sp³-hybridized carbons (Fsp3) is 0.667. The summed E-state index contributed by atoms with van der Waals surface area (Å²) in [7, 11) is 0. The Kier molecular flexibility index (Phi) is 5.02. The molecule has 1 aliphatic carbocycles. The van der Waals surface area contributed by atoms with Gasteiger partial charge in [-0.3, -0.25) is 0 Å². The van der Waals surface area contributed by atoms with Gasteiger partial charge in [0.05, 0.1) is 0 Å². The van der Waals surface area contributed by atoms with E-state index in [1.807, 2.05) is 6.07 Å². The molecule has 0 saturated heterocycles. The molecule has 1 fully saturated rings. The summed E-state index contributed by atoms with van der Waals surface area (Å²) in [5.74, 6) is 2.75. The molecule has 0 unspecified atom stereocenters. The fourth-order valence-electron chi connectivity index (χ4n) is 3.52. The summed E-state index contributed by atoms with van der Waals surface area (Å²) in [6.07, 6.45) is 8.19. The third-order valence-corrected chi connectivity index (χ3v) is 4.75. The van der Waals surface area contributed by atoms with Crippen molar-refractivity contribution in [2.75, 3.05) is 13.2 Å². The lowest BCUT2D eigenvalue weighted by atomic mass is 9.83. The minimum Gasteiger partial charge on any atom is -0.486 e. The Bertz CT molecular complexity index is 453. The van der Waals surface area contributed by atoms with Crippen molar-refractivity contribution in [2.24, 2.45) is 5.92 Å². The average molecular weight is 289 g/mol. The number of rotatable bonds is 5. The third kappa shape index (κ3) is 3.91. The smallest absolute Gasteiger partial charge is 0.161 e. The largest absolute Gasteiger partial charge is 0.486 e. The monoisotopic (exact) mass is 289 g/mol. The summed E-state index contributed by atoms with van der Waals surface area (Å²) in [6.45, 7) is 4.54. The highest BCUT2D eigenvalue weighted by Crippen LogP contribution is 2.31. The first kappa shape index (κ1) is 14.7. The SMILES string of the molecule is CCCC1CCC(NCc2ccc3c(c2)OCCO3)CC1. The van der Waals surface area contributed by atoms with Crippen LogP contribution < -0.4 is 14.8 Å². The molecular weight excluding hydrogens is 262 g/mol. The zero-order chi connectivity index (χ0) is 14.5. The second kappa shape index (κ2) is 7.17. The molecule has 0 spiro atoms. The maximum atomic E-state index is 5.64. The van der Waals surface area contributed by atoms with E-state index in [4.69, 9.17) is 9.47 Å². The Morgan fingerprint density at radius 3 is 2.57 bits per heavy atom. The lowest BCUT2D eigenvalue weighted by Crippen LogP contribution is -2.32. The van der Waals surface area contributed by atoms with Crippen LogP contribution in [-0.4, -0.2) is 19.3 Å². The highest BCUT2D eigenvalue weighted by molar-refractivity contribution is 5.43. The van der Waals surface area contributed by atoms with Crippen molar-refractivity contribution >= 4 is 0 Å². The van der Waals surface area contributed by atoms with Gasteiger partial charge in [-0.1, -0.05) is 25.8 Å². The first-order valence-corrected chi connectivity index (χ1v) is 8.47. The third-order valence-electron chi connectivity index (χ3n) is 4.75. The molecule has 116 valence electrons. The van der Waals surface area contributed by atoms with Gasteiger partial charge in [0, 0.05) is 12.6 Å². The van der Waals surface area contributed by atoms with E-state index in [0.29, 0.717) is 19.3 Å². The van der Waals surface area contributed by atoms with Gasteiger partial charge in [-0.05, 0) is 49.3 Å². The van der Waals surface area contributed by atoms with Crippen molar-refractivity contribution < 1.29 is 9.47 Å². The van der Waals surface area contributed by atoms with Gasteiger partial charge in [0.2, 0.25) is 0 Å². The molecule has 0 amide bonds. The molecule has 1 aliphatic heterocycles. The van der Waals surface area contributed by atoms with Gasteiger partial charge in [0.25, 0.3) is 0 Å². The van der Waals surface area contributed by atoms with E-state index in [2.05, 4.69) is 24.4 Å². The molecule has 3 heteroatoms. The van der Waals surface area contributed by atoms with Crippen LogP contribution in [0, 0.1) is 5.92 Å². The second-order valence-electron chi connectivity index (χ2n) is 6.37. The minimum absolute atomic E-state index is 0.658. The number of ether oxygens (including phenoxy) is 2. The van der Waals surface area contributed by atoms with Gasteiger partial charge in [-0.2, -0.15) is 0 Å². The molecule has 3 nitrogen and oxygen atoms in total. The van der Waals surface area contributed by atoms with Gasteiger partial charge in [0.15, 0.2) is 11.5 Å². The quantitative estimate of drug-likeness (QED) is 0.891. The van der Waals surface area contributed by atoms with Crippen LogP contribution in [0.2, 0.25) is 0 Å². The molecule has 0 aromatic heterocycles. The molecule has 3 rings (SSSR count). The molecular formula is C18H27NO2. The summed E-state index contributed by atoms with van der Waals surface area (Å²) < 4.78 is 11.2. The number of nitrogens with one attached hydrogen (secondary N) is 1. The number of hydrogen-bond acceptors (Lipinski definition) is 3. The van der Waals surface area contributed by atoms with E-state index in [-0.39, 0.29) is 0 Å². The summed E-state index contributed by atoms with van der Waals surface area (Å²) in [5.41, 5.74) is 1.29. The molecule has 2 aliphatic rings. The summed E-state index contributed by atoms with van der Waals surface area (Å²) in [4.78, 5) is 0. The highest BCUT2D eigenvalue weighted by Gasteiger charge is 2.20. The van der Waals surface area contributed by atoms with Crippen LogP contribution in [0.5, 0.6) is 11.5 Å². The van der Waals surface area contributed by atoms with Crippen LogP contribution in [0.25, 0.3) is 0 Å². The first-order chi connectivity index (χ1) is 10.3. The van der Waals surface area contributed by atoms with E-state index < -0.39 is 0 Å². The van der Waals surface area contributed by atoms with E-state index in [1.165, 1.54) is 44.1 Å². The predicted octanol–water partition coefficient (Wildman–Crippen LogP) is 3.91. The maximum absolute atomic E-state index is 5.64. The van der Waals surface area contributed by atoms with Crippen molar-refractivity contribution in [3.8, 4) is 11.5 Å². The highest BCUT2D eigenvalue weighted by atomic mass is 16.6. The Hall–Kier alpha value is -1.22. The van der Waals surface area contributed by atoms with Crippen molar-refractivity contribution in [1.29, 1.82) is 0 Å². The Balaban J connectivity index is 1.47. The van der Waals surface area contributed by atoms with Crippen molar-refractivity contribution in [1.82, 2.24) is 5.32 Å². The van der Waals surface area contributed by atoms with Crippen LogP contribution in [0.3, 0.4) is 0 Å². The van der Waals surface area contributed by atoms with Crippen LogP contribution in [0.1, 0.15) is 51.0 Å². The van der Waals surface area contributed by atoms with Crippen molar-refractivity contribution in [3.05, 3.63) is 23.8 Å². The number of hydrogen-bond donors (Lipinski definition) is 1. The standard InChI is InChI=1S/C18H27NO2/c1-2-3-14-4-7-16(8-5-14)19-13-15-6-9-17-18(12-15)21-11-10-20-17/h6,9,12,14,16,19H,2-5,7-8,10-11,13H2,1H3. The normalized spacial score (nSPS) is 24.8. The topological polar surface area (TPSA) is 30.5 Å². The number of fused-ring (bicyclic) bond motifs is 1. The Morgan fingerprint density at radius 2 is 1.81 bits per heavy atom. The molecule has 1 N–H and O–H groups in total. The van der Waals surface area contributed by atoms with E-state index in [1.54, 1.807) is 0 Å². The molecule has 1 heterocycles. The van der Waals surface area contributed by atoms with Crippen LogP contribution in [0.15, 0.2) is 18.2 Å². The first-order valence-electron chi connectivity index (χ1n) is 8.47. The van der Waals surface area contributed by atoms with Gasteiger partial charge in [-0.15, -0.1) is 0 Å². The predicted molar refractivity (Wildman–Crippen MR) is 84.9 cm³/mol. The van der Waals surface area contributed by atoms with Crippen molar-refractivity contribution in [2.45, 2.75) is 58.0 Å². The second-order valence-corrected chi connectivity index (χ2v) is 6.37. The lowest BCUT2D eigenvalue weighted by Gasteiger charge is -2.29. The summed E-state index contributed by atoms with van der Waals surface area (Å²) in [6, 6.07) is 6.98. The summed E-state index contributed by atoms with van der Waals surface area (Å²) >= 11 is 0. The van der Waals surface area contributed by atoms with Gasteiger partial charge < -0.3 is 14.8 Å². The molecule has 21 heavy (non-hydrogen) atoms. The summed E-state index contributed by atoms with van der Waals surface area (Å²) in [5, 5.41) is 3.71. The minimum atomic E-state index is 0.658. The van der Waals surface area contributed by atoms with Gasteiger partial charge in [-0.25, -0.2) is 0 Å². The molecule has 1 aromatic carbocycles. The van der Waals surface area contributed by atoms with Gasteiger partial charge >= 0.3 is 0 Å². The molecule has 1 saturated carbocycles. The van der Waals surface area contributed by atoms with E-state index in [0.717, 1.165) is 24.0 Å². The Labute approximate surface area is 128 Å².